The van der Waals surface area contributed by atoms with Crippen molar-refractivity contribution in [2.75, 3.05) is 27.2 Å². The summed E-state index contributed by atoms with van der Waals surface area (Å²) in [5, 5.41) is 8.83. The number of nitrogens with zero attached hydrogens (tertiary/aromatic N) is 3. The molecule has 1 aromatic rings. The first-order valence-electron chi connectivity index (χ1n) is 6.67. The summed E-state index contributed by atoms with van der Waals surface area (Å²) in [6.07, 6.45) is 2.51. The number of rotatable bonds is 4. The predicted octanol–water partition coefficient (Wildman–Crippen LogP) is 2.22. The Kier molecular flexibility index (Phi) is 4.52. The Morgan fingerprint density at radius 2 is 2.32 bits per heavy atom. The first-order chi connectivity index (χ1) is 9.10. The Labute approximate surface area is 114 Å². The molecule has 1 unspecified atom stereocenters. The molecule has 0 aliphatic carbocycles. The molecule has 1 saturated heterocycles. The minimum absolute atomic E-state index is 0.129. The molecule has 0 saturated carbocycles. The fourth-order valence-corrected chi connectivity index (χ4v) is 2.70. The summed E-state index contributed by atoms with van der Waals surface area (Å²) in [5.41, 5.74) is 1.12. The van der Waals surface area contributed by atoms with E-state index in [0.717, 1.165) is 18.7 Å². The van der Waals surface area contributed by atoms with Gasteiger partial charge < -0.3 is 9.80 Å². The second kappa shape index (κ2) is 6.14. The first-order valence-corrected chi connectivity index (χ1v) is 6.67. The molecule has 1 fully saturated rings. The van der Waals surface area contributed by atoms with Crippen LogP contribution >= 0.6 is 0 Å². The standard InChI is InChI=1S/C15H20FN3/c1-18(11-14-4-3-7-19(14)2)10-12-5-6-15(16)13(8-12)9-17/h5-6,8,14H,3-4,7,10-11H2,1-2H3. The van der Waals surface area contributed by atoms with Crippen LogP contribution in [0.1, 0.15) is 24.0 Å². The van der Waals surface area contributed by atoms with Gasteiger partial charge in [-0.25, -0.2) is 4.39 Å². The van der Waals surface area contributed by atoms with E-state index in [4.69, 9.17) is 5.26 Å². The largest absolute Gasteiger partial charge is 0.302 e. The molecule has 102 valence electrons. The highest BCUT2D eigenvalue weighted by Gasteiger charge is 2.21. The van der Waals surface area contributed by atoms with Gasteiger partial charge in [0.25, 0.3) is 0 Å². The summed E-state index contributed by atoms with van der Waals surface area (Å²) in [6, 6.07) is 7.28. The fraction of sp³-hybridized carbons (Fsp3) is 0.533. The first kappa shape index (κ1) is 14.0. The van der Waals surface area contributed by atoms with Gasteiger partial charge in [0, 0.05) is 19.1 Å². The van der Waals surface area contributed by atoms with Crippen LogP contribution in [0.25, 0.3) is 0 Å². The second-order valence-corrected chi connectivity index (χ2v) is 5.40. The Morgan fingerprint density at radius 3 is 2.95 bits per heavy atom. The van der Waals surface area contributed by atoms with Crippen molar-refractivity contribution in [2.45, 2.75) is 25.4 Å². The summed E-state index contributed by atoms with van der Waals surface area (Å²) < 4.78 is 13.2. The lowest BCUT2D eigenvalue weighted by Crippen LogP contribution is -2.36. The summed E-state index contributed by atoms with van der Waals surface area (Å²) in [4.78, 5) is 4.63. The number of hydrogen-bond acceptors (Lipinski definition) is 3. The minimum atomic E-state index is -0.440. The normalized spacial score (nSPS) is 19.8. The van der Waals surface area contributed by atoms with Gasteiger partial charge in [-0.1, -0.05) is 6.07 Å². The van der Waals surface area contributed by atoms with Crippen LogP contribution in [0.4, 0.5) is 4.39 Å². The van der Waals surface area contributed by atoms with Crippen LogP contribution in [0, 0.1) is 17.1 Å². The maximum atomic E-state index is 13.2. The molecule has 0 radical (unpaired) electrons. The van der Waals surface area contributed by atoms with Crippen LogP contribution < -0.4 is 0 Å². The Bertz CT molecular complexity index is 481. The lowest BCUT2D eigenvalue weighted by Gasteiger charge is -2.25. The monoisotopic (exact) mass is 261 g/mol. The quantitative estimate of drug-likeness (QED) is 0.832. The van der Waals surface area contributed by atoms with Gasteiger partial charge in [-0.3, -0.25) is 0 Å². The number of benzene rings is 1. The predicted molar refractivity (Wildman–Crippen MR) is 73.1 cm³/mol. The molecule has 0 amide bonds. The Hall–Kier alpha value is -1.44. The van der Waals surface area contributed by atoms with Gasteiger partial charge in [0.05, 0.1) is 5.56 Å². The molecule has 0 bridgehead atoms. The molecule has 4 heteroatoms. The van der Waals surface area contributed by atoms with E-state index >= 15 is 0 Å². The van der Waals surface area contributed by atoms with Crippen LogP contribution in [0.2, 0.25) is 0 Å². The zero-order valence-corrected chi connectivity index (χ0v) is 11.6. The third-order valence-corrected chi connectivity index (χ3v) is 3.80. The molecule has 1 aromatic carbocycles. The summed E-state index contributed by atoms with van der Waals surface area (Å²) in [7, 11) is 4.23. The Morgan fingerprint density at radius 1 is 1.53 bits per heavy atom. The van der Waals surface area contributed by atoms with Crippen molar-refractivity contribution in [3.63, 3.8) is 0 Å². The molecule has 19 heavy (non-hydrogen) atoms. The van der Waals surface area contributed by atoms with Crippen LogP contribution in [0.3, 0.4) is 0 Å². The van der Waals surface area contributed by atoms with Crippen molar-refractivity contribution in [3.8, 4) is 6.07 Å². The molecular formula is C15H20FN3. The highest BCUT2D eigenvalue weighted by atomic mass is 19.1. The molecule has 3 nitrogen and oxygen atoms in total. The molecule has 2 rings (SSSR count). The van der Waals surface area contributed by atoms with Gasteiger partial charge in [0.2, 0.25) is 0 Å². The van der Waals surface area contributed by atoms with Crippen molar-refractivity contribution in [1.29, 1.82) is 5.26 Å². The van der Waals surface area contributed by atoms with E-state index in [0.29, 0.717) is 6.04 Å². The van der Waals surface area contributed by atoms with Gasteiger partial charge in [0.1, 0.15) is 11.9 Å². The number of likely N-dealkylation sites (N-methyl/N-ethyl adjacent to an activating group) is 2. The molecular weight excluding hydrogens is 241 g/mol. The number of nitriles is 1. The van der Waals surface area contributed by atoms with Gasteiger partial charge in [-0.15, -0.1) is 0 Å². The SMILES string of the molecule is CN(Cc1ccc(F)c(C#N)c1)CC1CCCN1C. The van der Waals surface area contributed by atoms with E-state index in [2.05, 4.69) is 23.9 Å². The maximum absolute atomic E-state index is 13.2. The smallest absolute Gasteiger partial charge is 0.140 e. The molecule has 0 spiro atoms. The van der Waals surface area contributed by atoms with E-state index < -0.39 is 5.82 Å². The molecule has 0 aromatic heterocycles. The molecule has 1 aliphatic heterocycles. The highest BCUT2D eigenvalue weighted by molar-refractivity contribution is 5.34. The maximum Gasteiger partial charge on any atom is 0.140 e. The molecule has 1 aliphatic rings. The zero-order chi connectivity index (χ0) is 13.8. The topological polar surface area (TPSA) is 30.3 Å². The van der Waals surface area contributed by atoms with Gasteiger partial charge in [0.15, 0.2) is 0 Å². The third-order valence-electron chi connectivity index (χ3n) is 3.80. The second-order valence-electron chi connectivity index (χ2n) is 5.40. The van der Waals surface area contributed by atoms with Crippen LogP contribution in [-0.2, 0) is 6.54 Å². The number of hydrogen-bond donors (Lipinski definition) is 0. The summed E-state index contributed by atoms with van der Waals surface area (Å²) in [5.74, 6) is -0.440. The van der Waals surface area contributed by atoms with Crippen molar-refractivity contribution in [1.82, 2.24) is 9.80 Å². The lowest BCUT2D eigenvalue weighted by atomic mass is 10.1. The average Bonchev–Trinajstić information content (AvgIpc) is 2.77. The van der Waals surface area contributed by atoms with E-state index in [1.54, 1.807) is 12.1 Å². The van der Waals surface area contributed by atoms with Gasteiger partial charge in [-0.05, 0) is 51.2 Å². The Balaban J connectivity index is 1.95. The number of halogens is 1. The van der Waals surface area contributed by atoms with Crippen molar-refractivity contribution in [2.24, 2.45) is 0 Å². The number of likely N-dealkylation sites (tertiary alicyclic amines) is 1. The minimum Gasteiger partial charge on any atom is -0.302 e. The van der Waals surface area contributed by atoms with Gasteiger partial charge >= 0.3 is 0 Å². The average molecular weight is 261 g/mol. The summed E-state index contributed by atoms with van der Waals surface area (Å²) >= 11 is 0. The van der Waals surface area contributed by atoms with Crippen molar-refractivity contribution >= 4 is 0 Å². The van der Waals surface area contributed by atoms with E-state index in [1.807, 2.05) is 6.07 Å². The molecule has 1 heterocycles. The molecule has 1 atom stereocenters. The van der Waals surface area contributed by atoms with Crippen LogP contribution in [-0.4, -0.2) is 43.0 Å². The van der Waals surface area contributed by atoms with Crippen molar-refractivity contribution in [3.05, 3.63) is 35.1 Å². The third kappa shape index (κ3) is 3.52. The van der Waals surface area contributed by atoms with Crippen molar-refractivity contribution < 1.29 is 4.39 Å². The highest BCUT2D eigenvalue weighted by Crippen LogP contribution is 2.17. The van der Waals surface area contributed by atoms with Crippen LogP contribution in [0.15, 0.2) is 18.2 Å². The van der Waals surface area contributed by atoms with E-state index in [1.165, 1.54) is 25.5 Å². The summed E-state index contributed by atoms with van der Waals surface area (Å²) in [6.45, 7) is 2.93. The fourth-order valence-electron chi connectivity index (χ4n) is 2.70. The van der Waals surface area contributed by atoms with E-state index in [9.17, 15) is 4.39 Å². The molecule has 0 N–H and O–H groups in total. The van der Waals surface area contributed by atoms with Crippen LogP contribution in [0.5, 0.6) is 0 Å². The van der Waals surface area contributed by atoms with Gasteiger partial charge in [-0.2, -0.15) is 5.26 Å². The lowest BCUT2D eigenvalue weighted by molar-refractivity contribution is 0.215. The zero-order valence-electron chi connectivity index (χ0n) is 11.6. The van der Waals surface area contributed by atoms with E-state index in [-0.39, 0.29) is 5.56 Å².